The molecule has 0 saturated heterocycles. The molecule has 0 spiro atoms. The Labute approximate surface area is 178 Å². The number of hydrogen-bond donors (Lipinski definition) is 1. The van der Waals surface area contributed by atoms with E-state index in [-0.39, 0.29) is 11.3 Å². The second-order valence-corrected chi connectivity index (χ2v) is 8.82. The summed E-state index contributed by atoms with van der Waals surface area (Å²) in [5.41, 5.74) is 4.90. The van der Waals surface area contributed by atoms with Crippen LogP contribution >= 0.6 is 15.9 Å². The number of oxazole rings is 1. The van der Waals surface area contributed by atoms with Gasteiger partial charge in [-0.2, -0.15) is 0 Å². The summed E-state index contributed by atoms with van der Waals surface area (Å²) < 4.78 is 6.66. The van der Waals surface area contributed by atoms with Crippen LogP contribution in [0.4, 0.5) is 5.69 Å². The van der Waals surface area contributed by atoms with E-state index in [9.17, 15) is 4.79 Å². The standard InChI is InChI=1S/C24H21BrN2O2/c1-24(2,3)16-10-8-15(9-11-16)23-27-20-14-17(12-13-21(20)29-23)26-22(28)18-6-4-5-7-19(18)25/h4-14H,1-3H3,(H,26,28). The summed E-state index contributed by atoms with van der Waals surface area (Å²) in [6, 6.07) is 21.0. The van der Waals surface area contributed by atoms with Crippen LogP contribution in [0.15, 0.2) is 75.6 Å². The molecule has 3 aromatic carbocycles. The van der Waals surface area contributed by atoms with E-state index in [1.165, 1.54) is 5.56 Å². The number of rotatable bonds is 3. The number of benzene rings is 3. The smallest absolute Gasteiger partial charge is 0.256 e. The Morgan fingerprint density at radius 3 is 2.41 bits per heavy atom. The average molecular weight is 449 g/mol. The van der Waals surface area contributed by atoms with Crippen LogP contribution in [0.25, 0.3) is 22.6 Å². The Balaban J connectivity index is 1.59. The van der Waals surface area contributed by atoms with Crippen molar-refractivity contribution in [1.29, 1.82) is 0 Å². The molecule has 0 aliphatic carbocycles. The summed E-state index contributed by atoms with van der Waals surface area (Å²) >= 11 is 3.41. The van der Waals surface area contributed by atoms with Crippen molar-refractivity contribution in [3.8, 4) is 11.5 Å². The minimum absolute atomic E-state index is 0.0979. The van der Waals surface area contributed by atoms with Gasteiger partial charge in [-0.05, 0) is 69.4 Å². The average Bonchev–Trinajstić information content (AvgIpc) is 3.11. The fourth-order valence-electron chi connectivity index (χ4n) is 3.09. The third-order valence-corrected chi connectivity index (χ3v) is 5.45. The molecular formula is C24H21BrN2O2. The molecule has 4 nitrogen and oxygen atoms in total. The maximum Gasteiger partial charge on any atom is 0.256 e. The molecule has 146 valence electrons. The highest BCUT2D eigenvalue weighted by Gasteiger charge is 2.15. The highest BCUT2D eigenvalue weighted by atomic mass is 79.9. The molecule has 5 heteroatoms. The lowest BCUT2D eigenvalue weighted by Gasteiger charge is -2.18. The van der Waals surface area contributed by atoms with E-state index in [1.807, 2.05) is 48.5 Å². The highest BCUT2D eigenvalue weighted by molar-refractivity contribution is 9.10. The predicted molar refractivity (Wildman–Crippen MR) is 120 cm³/mol. The summed E-state index contributed by atoms with van der Waals surface area (Å²) in [5.74, 6) is 0.382. The molecule has 1 amide bonds. The SMILES string of the molecule is CC(C)(C)c1ccc(-c2nc3cc(NC(=O)c4ccccc4Br)ccc3o2)cc1. The highest BCUT2D eigenvalue weighted by Crippen LogP contribution is 2.29. The Kier molecular flexibility index (Phi) is 5.01. The Morgan fingerprint density at radius 2 is 1.72 bits per heavy atom. The summed E-state index contributed by atoms with van der Waals surface area (Å²) in [6.45, 7) is 6.56. The molecule has 4 rings (SSSR count). The predicted octanol–water partition coefficient (Wildman–Crippen LogP) is 6.81. The van der Waals surface area contributed by atoms with Crippen LogP contribution in [0.3, 0.4) is 0 Å². The first-order chi connectivity index (χ1) is 13.8. The lowest BCUT2D eigenvalue weighted by Crippen LogP contribution is -2.12. The van der Waals surface area contributed by atoms with Crippen LogP contribution in [0, 0.1) is 0 Å². The number of carbonyl (C=O) groups is 1. The first-order valence-electron chi connectivity index (χ1n) is 9.39. The molecule has 1 N–H and O–H groups in total. The second-order valence-electron chi connectivity index (χ2n) is 7.96. The van der Waals surface area contributed by atoms with Gasteiger partial charge in [0.15, 0.2) is 5.58 Å². The van der Waals surface area contributed by atoms with E-state index < -0.39 is 0 Å². The van der Waals surface area contributed by atoms with E-state index in [0.29, 0.717) is 28.2 Å². The van der Waals surface area contributed by atoms with Crippen LogP contribution in [0.5, 0.6) is 0 Å². The Bertz CT molecular complexity index is 1190. The van der Waals surface area contributed by atoms with E-state index in [4.69, 9.17) is 4.42 Å². The number of carbonyl (C=O) groups excluding carboxylic acids is 1. The van der Waals surface area contributed by atoms with Gasteiger partial charge in [0.05, 0.1) is 5.56 Å². The van der Waals surface area contributed by atoms with Crippen molar-refractivity contribution in [2.24, 2.45) is 0 Å². The molecule has 0 radical (unpaired) electrons. The third kappa shape index (κ3) is 4.10. The molecule has 1 aromatic heterocycles. The van der Waals surface area contributed by atoms with Gasteiger partial charge in [0.25, 0.3) is 5.91 Å². The summed E-state index contributed by atoms with van der Waals surface area (Å²) in [4.78, 5) is 17.1. The number of nitrogens with zero attached hydrogens (tertiary/aromatic N) is 1. The molecule has 29 heavy (non-hydrogen) atoms. The van der Waals surface area contributed by atoms with Crippen molar-refractivity contribution in [2.75, 3.05) is 5.32 Å². The molecule has 0 saturated carbocycles. The maximum absolute atomic E-state index is 12.5. The van der Waals surface area contributed by atoms with Gasteiger partial charge in [-0.3, -0.25) is 4.79 Å². The van der Waals surface area contributed by atoms with Gasteiger partial charge < -0.3 is 9.73 Å². The number of hydrogen-bond acceptors (Lipinski definition) is 3. The molecule has 0 aliphatic rings. The van der Waals surface area contributed by atoms with Crippen LogP contribution in [0.1, 0.15) is 36.7 Å². The molecule has 0 aliphatic heterocycles. The zero-order valence-electron chi connectivity index (χ0n) is 16.5. The van der Waals surface area contributed by atoms with Crippen molar-refractivity contribution in [1.82, 2.24) is 4.98 Å². The minimum atomic E-state index is -0.182. The minimum Gasteiger partial charge on any atom is -0.436 e. The quantitative estimate of drug-likeness (QED) is 0.374. The van der Waals surface area contributed by atoms with Gasteiger partial charge >= 0.3 is 0 Å². The Morgan fingerprint density at radius 1 is 1.00 bits per heavy atom. The molecule has 0 unspecified atom stereocenters. The monoisotopic (exact) mass is 448 g/mol. The summed E-state index contributed by atoms with van der Waals surface area (Å²) in [7, 11) is 0. The van der Waals surface area contributed by atoms with Gasteiger partial charge in [0.1, 0.15) is 5.52 Å². The van der Waals surface area contributed by atoms with E-state index in [1.54, 1.807) is 6.07 Å². The van der Waals surface area contributed by atoms with Gasteiger partial charge in [0.2, 0.25) is 5.89 Å². The van der Waals surface area contributed by atoms with Gasteiger partial charge in [0, 0.05) is 15.7 Å². The fraction of sp³-hybridized carbons (Fsp3) is 0.167. The lowest BCUT2D eigenvalue weighted by atomic mass is 9.87. The van der Waals surface area contributed by atoms with Crippen LogP contribution < -0.4 is 5.32 Å². The van der Waals surface area contributed by atoms with Crippen LogP contribution in [0.2, 0.25) is 0 Å². The number of amides is 1. The zero-order valence-corrected chi connectivity index (χ0v) is 18.1. The van der Waals surface area contributed by atoms with Crippen molar-refractivity contribution in [3.05, 3.63) is 82.3 Å². The largest absolute Gasteiger partial charge is 0.436 e. The zero-order chi connectivity index (χ0) is 20.6. The number of halogens is 1. The second kappa shape index (κ2) is 7.48. The number of aromatic nitrogens is 1. The maximum atomic E-state index is 12.5. The summed E-state index contributed by atoms with van der Waals surface area (Å²) in [5, 5.41) is 2.91. The van der Waals surface area contributed by atoms with Crippen LogP contribution in [-0.2, 0) is 5.41 Å². The van der Waals surface area contributed by atoms with Crippen molar-refractivity contribution in [3.63, 3.8) is 0 Å². The summed E-state index contributed by atoms with van der Waals surface area (Å²) in [6.07, 6.45) is 0. The van der Waals surface area contributed by atoms with Crippen molar-refractivity contribution in [2.45, 2.75) is 26.2 Å². The Hall–Kier alpha value is -2.92. The molecular weight excluding hydrogens is 428 g/mol. The van der Waals surface area contributed by atoms with Gasteiger partial charge in [-0.25, -0.2) is 4.98 Å². The number of fused-ring (bicyclic) bond motifs is 1. The van der Waals surface area contributed by atoms with Crippen molar-refractivity contribution < 1.29 is 9.21 Å². The van der Waals surface area contributed by atoms with Crippen LogP contribution in [-0.4, -0.2) is 10.9 Å². The first-order valence-corrected chi connectivity index (χ1v) is 10.2. The number of anilines is 1. The third-order valence-electron chi connectivity index (χ3n) is 4.76. The normalized spacial score (nSPS) is 11.6. The fourth-order valence-corrected chi connectivity index (χ4v) is 3.55. The molecule has 0 atom stereocenters. The molecule has 1 heterocycles. The molecule has 0 bridgehead atoms. The van der Waals surface area contributed by atoms with E-state index in [0.717, 1.165) is 10.0 Å². The van der Waals surface area contributed by atoms with Crippen molar-refractivity contribution >= 4 is 38.6 Å². The van der Waals surface area contributed by atoms with Gasteiger partial charge in [-0.15, -0.1) is 0 Å². The van der Waals surface area contributed by atoms with E-state index in [2.05, 4.69) is 59.1 Å². The van der Waals surface area contributed by atoms with Gasteiger partial charge in [-0.1, -0.05) is 45.0 Å². The first kappa shape index (κ1) is 19.4. The molecule has 0 fully saturated rings. The number of nitrogens with one attached hydrogen (secondary N) is 1. The molecule has 4 aromatic rings. The van der Waals surface area contributed by atoms with E-state index >= 15 is 0 Å². The topological polar surface area (TPSA) is 55.1 Å². The lowest BCUT2D eigenvalue weighted by molar-refractivity contribution is 0.102.